The Balaban J connectivity index is 2.45. The van der Waals surface area contributed by atoms with Crippen LogP contribution in [0.5, 0.6) is 0 Å². The maximum Gasteiger partial charge on any atom is 0.433 e. The van der Waals surface area contributed by atoms with Gasteiger partial charge in [-0.1, -0.05) is 26.2 Å². The van der Waals surface area contributed by atoms with E-state index in [9.17, 15) is 18.0 Å². The SMILES string of the molecule is CCCCCCNC(=O)c1ccc(C(F)(F)F)nc1. The molecule has 6 heteroatoms. The molecule has 0 bridgehead atoms. The molecule has 0 saturated carbocycles. The van der Waals surface area contributed by atoms with Crippen molar-refractivity contribution in [2.75, 3.05) is 6.54 Å². The van der Waals surface area contributed by atoms with Crippen LogP contribution in [0.1, 0.15) is 48.7 Å². The van der Waals surface area contributed by atoms with Crippen LogP contribution >= 0.6 is 0 Å². The van der Waals surface area contributed by atoms with Gasteiger partial charge in [-0.05, 0) is 18.6 Å². The first-order valence-corrected chi connectivity index (χ1v) is 6.26. The van der Waals surface area contributed by atoms with Crippen LogP contribution in [0.2, 0.25) is 0 Å². The summed E-state index contributed by atoms with van der Waals surface area (Å²) in [7, 11) is 0. The lowest BCUT2D eigenvalue weighted by molar-refractivity contribution is -0.141. The van der Waals surface area contributed by atoms with Crippen molar-refractivity contribution in [1.82, 2.24) is 10.3 Å². The molecule has 19 heavy (non-hydrogen) atoms. The molecule has 0 unspecified atom stereocenters. The fourth-order valence-electron chi connectivity index (χ4n) is 1.55. The Bertz CT molecular complexity index is 401. The molecule has 0 aromatic carbocycles. The van der Waals surface area contributed by atoms with Gasteiger partial charge < -0.3 is 5.32 Å². The fraction of sp³-hybridized carbons (Fsp3) is 0.538. The third-order valence-corrected chi connectivity index (χ3v) is 2.63. The Morgan fingerprint density at radius 1 is 1.26 bits per heavy atom. The highest BCUT2D eigenvalue weighted by Crippen LogP contribution is 2.27. The van der Waals surface area contributed by atoms with E-state index in [1.807, 2.05) is 0 Å². The van der Waals surface area contributed by atoms with E-state index in [-0.39, 0.29) is 5.56 Å². The number of nitrogens with one attached hydrogen (secondary N) is 1. The van der Waals surface area contributed by atoms with Gasteiger partial charge in [0.2, 0.25) is 0 Å². The van der Waals surface area contributed by atoms with Crippen LogP contribution in [-0.2, 0) is 6.18 Å². The number of amides is 1. The smallest absolute Gasteiger partial charge is 0.352 e. The van der Waals surface area contributed by atoms with Gasteiger partial charge in [0.25, 0.3) is 5.91 Å². The molecule has 0 aliphatic rings. The van der Waals surface area contributed by atoms with Crippen LogP contribution in [0.4, 0.5) is 13.2 Å². The van der Waals surface area contributed by atoms with Gasteiger partial charge in [0, 0.05) is 12.7 Å². The van der Waals surface area contributed by atoms with Gasteiger partial charge in [0.05, 0.1) is 5.56 Å². The predicted octanol–water partition coefficient (Wildman–Crippen LogP) is 3.41. The minimum Gasteiger partial charge on any atom is -0.352 e. The molecule has 0 atom stereocenters. The molecule has 0 saturated heterocycles. The minimum absolute atomic E-state index is 0.142. The van der Waals surface area contributed by atoms with Crippen molar-refractivity contribution >= 4 is 5.91 Å². The summed E-state index contributed by atoms with van der Waals surface area (Å²) in [6.07, 6.45) is 0.587. The first-order chi connectivity index (χ1) is 8.95. The van der Waals surface area contributed by atoms with E-state index in [1.165, 1.54) is 0 Å². The molecule has 0 aliphatic heterocycles. The van der Waals surface area contributed by atoms with Crippen molar-refractivity contribution in [2.45, 2.75) is 38.8 Å². The van der Waals surface area contributed by atoms with Gasteiger partial charge in [0.15, 0.2) is 0 Å². The van der Waals surface area contributed by atoms with Crippen LogP contribution in [-0.4, -0.2) is 17.4 Å². The summed E-state index contributed by atoms with van der Waals surface area (Å²) < 4.78 is 36.8. The molecule has 106 valence electrons. The van der Waals surface area contributed by atoms with E-state index in [0.717, 1.165) is 44.0 Å². The van der Waals surface area contributed by atoms with E-state index in [4.69, 9.17) is 0 Å². The molecule has 1 aromatic rings. The zero-order chi connectivity index (χ0) is 14.3. The van der Waals surface area contributed by atoms with Crippen molar-refractivity contribution in [3.63, 3.8) is 0 Å². The highest BCUT2D eigenvalue weighted by atomic mass is 19.4. The van der Waals surface area contributed by atoms with E-state index >= 15 is 0 Å². The molecule has 1 N–H and O–H groups in total. The average Bonchev–Trinajstić information content (AvgIpc) is 2.37. The largest absolute Gasteiger partial charge is 0.433 e. The number of alkyl halides is 3. The number of aromatic nitrogens is 1. The molecule has 1 aromatic heterocycles. The fourth-order valence-corrected chi connectivity index (χ4v) is 1.55. The Hall–Kier alpha value is -1.59. The Morgan fingerprint density at radius 3 is 2.53 bits per heavy atom. The highest BCUT2D eigenvalue weighted by molar-refractivity contribution is 5.93. The van der Waals surface area contributed by atoms with Gasteiger partial charge in [-0.3, -0.25) is 9.78 Å². The molecular weight excluding hydrogens is 257 g/mol. The molecule has 1 amide bonds. The summed E-state index contributed by atoms with van der Waals surface area (Å²) >= 11 is 0. The number of carbonyl (C=O) groups is 1. The summed E-state index contributed by atoms with van der Waals surface area (Å²) in [5.41, 5.74) is -0.851. The lowest BCUT2D eigenvalue weighted by Crippen LogP contribution is -2.24. The Morgan fingerprint density at radius 2 is 2.00 bits per heavy atom. The number of halogens is 3. The maximum absolute atomic E-state index is 12.3. The second-order valence-electron chi connectivity index (χ2n) is 4.25. The molecule has 0 spiro atoms. The van der Waals surface area contributed by atoms with E-state index in [0.29, 0.717) is 6.54 Å². The first kappa shape index (κ1) is 15.5. The van der Waals surface area contributed by atoms with Crippen LogP contribution in [0.3, 0.4) is 0 Å². The molecule has 0 radical (unpaired) electrons. The monoisotopic (exact) mass is 274 g/mol. The number of hydrogen-bond acceptors (Lipinski definition) is 2. The number of nitrogens with zero attached hydrogens (tertiary/aromatic N) is 1. The summed E-state index contributed by atoms with van der Waals surface area (Å²) in [5.74, 6) is -0.391. The standard InChI is InChI=1S/C13H17F3N2O/c1-2-3-4-5-8-17-12(19)10-6-7-11(18-9-10)13(14,15)16/h6-7,9H,2-5,8H2,1H3,(H,17,19). The number of carbonyl (C=O) groups excluding carboxylic acids is 1. The number of pyridine rings is 1. The van der Waals surface area contributed by atoms with Crippen molar-refractivity contribution in [3.05, 3.63) is 29.6 Å². The Kier molecular flexibility index (Phi) is 5.79. The van der Waals surface area contributed by atoms with Gasteiger partial charge in [-0.25, -0.2) is 0 Å². The number of hydrogen-bond donors (Lipinski definition) is 1. The van der Waals surface area contributed by atoms with Crippen LogP contribution in [0.15, 0.2) is 18.3 Å². The van der Waals surface area contributed by atoms with Crippen molar-refractivity contribution in [3.8, 4) is 0 Å². The average molecular weight is 274 g/mol. The van der Waals surface area contributed by atoms with E-state index < -0.39 is 17.8 Å². The number of rotatable bonds is 6. The van der Waals surface area contributed by atoms with Crippen LogP contribution < -0.4 is 5.32 Å². The van der Waals surface area contributed by atoms with Gasteiger partial charge in [0.1, 0.15) is 5.69 Å². The third-order valence-electron chi connectivity index (χ3n) is 2.63. The first-order valence-electron chi connectivity index (χ1n) is 6.26. The Labute approximate surface area is 110 Å². The van der Waals surface area contributed by atoms with E-state index in [1.54, 1.807) is 0 Å². The predicted molar refractivity (Wildman–Crippen MR) is 65.7 cm³/mol. The van der Waals surface area contributed by atoms with E-state index in [2.05, 4.69) is 17.2 Å². The topological polar surface area (TPSA) is 42.0 Å². The van der Waals surface area contributed by atoms with Crippen molar-refractivity contribution in [2.24, 2.45) is 0 Å². The lowest BCUT2D eigenvalue weighted by Gasteiger charge is -2.07. The second kappa shape index (κ2) is 7.11. The summed E-state index contributed by atoms with van der Waals surface area (Å²) in [4.78, 5) is 14.8. The van der Waals surface area contributed by atoms with Gasteiger partial charge >= 0.3 is 6.18 Å². The maximum atomic E-state index is 12.3. The second-order valence-corrected chi connectivity index (χ2v) is 4.25. The minimum atomic E-state index is -4.48. The van der Waals surface area contributed by atoms with Crippen LogP contribution in [0, 0.1) is 0 Å². The van der Waals surface area contributed by atoms with Gasteiger partial charge in [-0.15, -0.1) is 0 Å². The summed E-state index contributed by atoms with van der Waals surface area (Å²) in [6, 6.07) is 1.95. The normalized spacial score (nSPS) is 11.4. The lowest BCUT2D eigenvalue weighted by atomic mass is 10.2. The molecule has 3 nitrogen and oxygen atoms in total. The van der Waals surface area contributed by atoms with Gasteiger partial charge in [-0.2, -0.15) is 13.2 Å². The molecule has 1 rings (SSSR count). The molecule has 0 aliphatic carbocycles. The molecule has 0 fully saturated rings. The zero-order valence-electron chi connectivity index (χ0n) is 10.8. The van der Waals surface area contributed by atoms with Crippen molar-refractivity contribution in [1.29, 1.82) is 0 Å². The molecule has 1 heterocycles. The molecular formula is C13H17F3N2O. The van der Waals surface area contributed by atoms with Crippen LogP contribution in [0.25, 0.3) is 0 Å². The zero-order valence-corrected chi connectivity index (χ0v) is 10.8. The number of unbranched alkanes of at least 4 members (excludes halogenated alkanes) is 3. The summed E-state index contributed by atoms with van der Waals surface area (Å²) in [5, 5.41) is 2.66. The highest BCUT2D eigenvalue weighted by Gasteiger charge is 2.32. The summed E-state index contributed by atoms with van der Waals surface area (Å²) in [6.45, 7) is 2.62. The quantitative estimate of drug-likeness (QED) is 0.808. The third kappa shape index (κ3) is 5.28. The van der Waals surface area contributed by atoms with Crippen molar-refractivity contribution < 1.29 is 18.0 Å².